The second kappa shape index (κ2) is 53.5. The van der Waals surface area contributed by atoms with Crippen LogP contribution in [-0.4, -0.2) is 37.2 Å². The second-order valence-corrected chi connectivity index (χ2v) is 18.1. The van der Waals surface area contributed by atoms with Crippen molar-refractivity contribution in [1.29, 1.82) is 0 Å². The number of allylic oxidation sites excluding steroid dienone is 12. The van der Waals surface area contributed by atoms with E-state index in [-0.39, 0.29) is 37.5 Å². The molecule has 0 spiro atoms. The zero-order chi connectivity index (χ0) is 47.2. The lowest BCUT2D eigenvalue weighted by Crippen LogP contribution is -2.30. The van der Waals surface area contributed by atoms with E-state index in [2.05, 4.69) is 87.6 Å². The summed E-state index contributed by atoms with van der Waals surface area (Å²) in [4.78, 5) is 38.0. The third kappa shape index (κ3) is 51.7. The first-order chi connectivity index (χ1) is 32.0. The predicted octanol–water partition coefficient (Wildman–Crippen LogP) is 18.2. The van der Waals surface area contributed by atoms with Gasteiger partial charge >= 0.3 is 17.9 Å². The van der Waals surface area contributed by atoms with Crippen molar-refractivity contribution in [2.45, 2.75) is 271 Å². The van der Waals surface area contributed by atoms with Gasteiger partial charge in [0.05, 0.1) is 0 Å². The zero-order valence-electron chi connectivity index (χ0n) is 42.7. The van der Waals surface area contributed by atoms with Gasteiger partial charge in [0.25, 0.3) is 0 Å². The molecule has 0 aliphatic carbocycles. The van der Waals surface area contributed by atoms with Crippen LogP contribution in [0, 0.1) is 0 Å². The Bertz CT molecular complexity index is 1230. The quantitative estimate of drug-likeness (QED) is 0.0262. The lowest BCUT2D eigenvalue weighted by molar-refractivity contribution is -0.166. The van der Waals surface area contributed by atoms with Gasteiger partial charge in [-0.15, -0.1) is 0 Å². The molecule has 6 heteroatoms. The minimum absolute atomic E-state index is 0.0950. The van der Waals surface area contributed by atoms with Gasteiger partial charge in [0.1, 0.15) is 13.2 Å². The Hall–Kier alpha value is -3.15. The van der Waals surface area contributed by atoms with E-state index in [0.717, 1.165) is 77.0 Å². The molecule has 0 amide bonds. The third-order valence-electron chi connectivity index (χ3n) is 11.7. The summed E-state index contributed by atoms with van der Waals surface area (Å²) in [5, 5.41) is 0. The van der Waals surface area contributed by atoms with Gasteiger partial charge in [0, 0.05) is 19.3 Å². The van der Waals surface area contributed by atoms with Crippen molar-refractivity contribution in [3.8, 4) is 0 Å². The van der Waals surface area contributed by atoms with Gasteiger partial charge in [-0.1, -0.05) is 261 Å². The molecule has 0 aromatic rings. The van der Waals surface area contributed by atoms with E-state index in [0.29, 0.717) is 19.3 Å². The summed E-state index contributed by atoms with van der Waals surface area (Å²) in [6.45, 7) is 6.47. The van der Waals surface area contributed by atoms with E-state index in [9.17, 15) is 14.4 Å². The standard InChI is InChI=1S/C59H102O6/c1-4-7-10-13-16-19-22-24-26-28-29-31-33-35-38-40-43-46-49-52-58(61)64-55-56(65-59(62)53-50-47-44-41-36-21-18-15-12-9-6-3)54-63-57(60)51-48-45-42-39-37-34-32-30-27-25-23-20-17-14-11-8-5-2/h7,10,16,19,24,26,29,31,35,38,43,46,56H,4-6,8-9,11-15,17-18,20-23,25,27-28,30,32-34,36-37,39-42,44-45,47-55H2,1-3H3/b10-7-,19-16-,26-24-,31-29-,38-35-,46-43-/t56-/m0/s1. The molecule has 6 nitrogen and oxygen atoms in total. The van der Waals surface area contributed by atoms with Crippen LogP contribution in [0.25, 0.3) is 0 Å². The van der Waals surface area contributed by atoms with Crippen LogP contribution in [0.5, 0.6) is 0 Å². The summed E-state index contributed by atoms with van der Waals surface area (Å²) in [5.74, 6) is -0.976. The fourth-order valence-corrected chi connectivity index (χ4v) is 7.65. The van der Waals surface area contributed by atoms with Crippen LogP contribution in [0.1, 0.15) is 265 Å². The van der Waals surface area contributed by atoms with Crippen molar-refractivity contribution >= 4 is 17.9 Å². The van der Waals surface area contributed by atoms with E-state index >= 15 is 0 Å². The number of carbonyl (C=O) groups is 3. The molecule has 0 rings (SSSR count). The molecule has 0 aromatic carbocycles. The Morgan fingerprint density at radius 3 is 0.938 bits per heavy atom. The van der Waals surface area contributed by atoms with Crippen LogP contribution >= 0.6 is 0 Å². The van der Waals surface area contributed by atoms with E-state index in [4.69, 9.17) is 14.2 Å². The molecule has 0 unspecified atom stereocenters. The van der Waals surface area contributed by atoms with E-state index in [1.54, 1.807) is 0 Å². The number of ether oxygens (including phenoxy) is 3. The first-order valence-corrected chi connectivity index (χ1v) is 27.4. The molecule has 0 saturated carbocycles. The normalized spacial score (nSPS) is 12.6. The molecular formula is C59H102O6. The first kappa shape index (κ1) is 61.9. The molecule has 0 N–H and O–H groups in total. The van der Waals surface area contributed by atoms with E-state index in [1.807, 2.05) is 6.08 Å². The summed E-state index contributed by atoms with van der Waals surface area (Å²) >= 11 is 0. The van der Waals surface area contributed by atoms with E-state index in [1.165, 1.54) is 141 Å². The molecule has 0 heterocycles. The molecule has 65 heavy (non-hydrogen) atoms. The molecule has 0 fully saturated rings. The maximum atomic E-state index is 12.8. The topological polar surface area (TPSA) is 78.9 Å². The smallest absolute Gasteiger partial charge is 0.306 e. The van der Waals surface area contributed by atoms with Crippen LogP contribution in [0.3, 0.4) is 0 Å². The summed E-state index contributed by atoms with van der Waals surface area (Å²) in [5.41, 5.74) is 0. The number of carbonyl (C=O) groups excluding carboxylic acids is 3. The zero-order valence-corrected chi connectivity index (χ0v) is 42.7. The number of hydrogen-bond acceptors (Lipinski definition) is 6. The Kier molecular flexibility index (Phi) is 50.9. The Morgan fingerprint density at radius 2 is 0.600 bits per heavy atom. The maximum absolute atomic E-state index is 12.8. The van der Waals surface area contributed by atoms with Crippen molar-refractivity contribution in [2.75, 3.05) is 13.2 Å². The van der Waals surface area contributed by atoms with Gasteiger partial charge in [-0.25, -0.2) is 0 Å². The highest BCUT2D eigenvalue weighted by atomic mass is 16.6. The number of unbranched alkanes of at least 4 members (excludes halogenated alkanes) is 26. The largest absolute Gasteiger partial charge is 0.462 e. The van der Waals surface area contributed by atoms with Crippen molar-refractivity contribution < 1.29 is 28.6 Å². The number of hydrogen-bond donors (Lipinski definition) is 0. The molecule has 0 aliphatic heterocycles. The van der Waals surface area contributed by atoms with Gasteiger partial charge in [-0.3, -0.25) is 14.4 Å². The van der Waals surface area contributed by atoms with Crippen molar-refractivity contribution in [3.63, 3.8) is 0 Å². The summed E-state index contributed by atoms with van der Waals surface area (Å²) in [7, 11) is 0. The molecule has 0 radical (unpaired) electrons. The summed E-state index contributed by atoms with van der Waals surface area (Å²) in [6.07, 6.45) is 67.6. The fraction of sp³-hybridized carbons (Fsp3) is 0.746. The molecule has 0 aliphatic rings. The molecule has 0 aromatic heterocycles. The maximum Gasteiger partial charge on any atom is 0.306 e. The van der Waals surface area contributed by atoms with Crippen molar-refractivity contribution in [2.24, 2.45) is 0 Å². The van der Waals surface area contributed by atoms with Gasteiger partial charge < -0.3 is 14.2 Å². The average Bonchev–Trinajstić information content (AvgIpc) is 3.30. The minimum atomic E-state index is -0.801. The Labute approximate surface area is 402 Å². The summed E-state index contributed by atoms with van der Waals surface area (Å²) in [6, 6.07) is 0. The highest BCUT2D eigenvalue weighted by Crippen LogP contribution is 2.16. The molecular weight excluding hydrogens is 805 g/mol. The van der Waals surface area contributed by atoms with Crippen LogP contribution in [0.4, 0.5) is 0 Å². The minimum Gasteiger partial charge on any atom is -0.462 e. The summed E-state index contributed by atoms with van der Waals surface area (Å²) < 4.78 is 16.8. The van der Waals surface area contributed by atoms with Crippen LogP contribution in [-0.2, 0) is 28.6 Å². The molecule has 0 saturated heterocycles. The van der Waals surface area contributed by atoms with Crippen LogP contribution < -0.4 is 0 Å². The molecule has 1 atom stereocenters. The number of esters is 3. The third-order valence-corrected chi connectivity index (χ3v) is 11.7. The lowest BCUT2D eigenvalue weighted by atomic mass is 10.0. The molecule has 374 valence electrons. The van der Waals surface area contributed by atoms with Crippen LogP contribution in [0.2, 0.25) is 0 Å². The van der Waals surface area contributed by atoms with Gasteiger partial charge in [0.15, 0.2) is 6.10 Å². The second-order valence-electron chi connectivity index (χ2n) is 18.1. The molecule has 0 bridgehead atoms. The van der Waals surface area contributed by atoms with E-state index < -0.39 is 6.10 Å². The SMILES string of the molecule is CC/C=C\C/C=C\C/C=C\C/C=C\C/C=C\C/C=C\CCC(=O)OC[C@H](COC(=O)CCCCCCCCCCCCCCCCCCC)OC(=O)CCCCCCCCCCCCC. The Balaban J connectivity index is 4.42. The highest BCUT2D eigenvalue weighted by Gasteiger charge is 2.19. The predicted molar refractivity (Wildman–Crippen MR) is 279 cm³/mol. The monoisotopic (exact) mass is 907 g/mol. The van der Waals surface area contributed by atoms with Crippen LogP contribution in [0.15, 0.2) is 72.9 Å². The van der Waals surface area contributed by atoms with Gasteiger partial charge in [0.2, 0.25) is 0 Å². The Morgan fingerprint density at radius 1 is 0.323 bits per heavy atom. The fourth-order valence-electron chi connectivity index (χ4n) is 7.65. The van der Waals surface area contributed by atoms with Gasteiger partial charge in [-0.2, -0.15) is 0 Å². The number of rotatable bonds is 49. The van der Waals surface area contributed by atoms with Crippen molar-refractivity contribution in [1.82, 2.24) is 0 Å². The van der Waals surface area contributed by atoms with Gasteiger partial charge in [-0.05, 0) is 57.8 Å². The highest BCUT2D eigenvalue weighted by molar-refractivity contribution is 5.71. The van der Waals surface area contributed by atoms with Crippen molar-refractivity contribution in [3.05, 3.63) is 72.9 Å². The first-order valence-electron chi connectivity index (χ1n) is 27.4. The lowest BCUT2D eigenvalue weighted by Gasteiger charge is -2.18. The average molecular weight is 907 g/mol.